The molecule has 1 aromatic carbocycles. The number of para-hydroxylation sites is 1. The molecule has 1 aromatic heterocycles. The SMILES string of the molecule is Cc1ccc(CN(C)c2c(C)cccc2C(N)=S)o1. The van der Waals surface area contributed by atoms with E-state index in [9.17, 15) is 0 Å². The zero-order valence-corrected chi connectivity index (χ0v) is 12.3. The van der Waals surface area contributed by atoms with Gasteiger partial charge in [-0.15, -0.1) is 0 Å². The average molecular weight is 274 g/mol. The molecule has 2 aromatic rings. The van der Waals surface area contributed by atoms with Crippen molar-refractivity contribution in [3.8, 4) is 0 Å². The summed E-state index contributed by atoms with van der Waals surface area (Å²) >= 11 is 5.12. The molecule has 0 aliphatic heterocycles. The van der Waals surface area contributed by atoms with Gasteiger partial charge in [0.1, 0.15) is 16.5 Å². The normalized spacial score (nSPS) is 10.5. The van der Waals surface area contributed by atoms with Crippen molar-refractivity contribution in [2.45, 2.75) is 20.4 Å². The number of anilines is 1. The van der Waals surface area contributed by atoms with Crippen molar-refractivity contribution in [3.63, 3.8) is 0 Å². The van der Waals surface area contributed by atoms with E-state index < -0.39 is 0 Å². The topological polar surface area (TPSA) is 42.4 Å². The molecule has 19 heavy (non-hydrogen) atoms. The summed E-state index contributed by atoms with van der Waals surface area (Å²) in [6.07, 6.45) is 0. The van der Waals surface area contributed by atoms with Gasteiger partial charge in [-0.25, -0.2) is 0 Å². The summed E-state index contributed by atoms with van der Waals surface area (Å²) in [6.45, 7) is 4.69. The Hall–Kier alpha value is -1.81. The van der Waals surface area contributed by atoms with E-state index in [1.807, 2.05) is 38.2 Å². The highest BCUT2D eigenvalue weighted by Crippen LogP contribution is 2.26. The Morgan fingerprint density at radius 3 is 2.58 bits per heavy atom. The third kappa shape index (κ3) is 2.96. The summed E-state index contributed by atoms with van der Waals surface area (Å²) in [4.78, 5) is 2.53. The first-order valence-electron chi connectivity index (χ1n) is 6.15. The minimum Gasteiger partial charge on any atom is -0.464 e. The van der Waals surface area contributed by atoms with Crippen molar-refractivity contribution >= 4 is 22.9 Å². The van der Waals surface area contributed by atoms with Crippen molar-refractivity contribution in [3.05, 3.63) is 53.0 Å². The number of hydrogen-bond donors (Lipinski definition) is 1. The van der Waals surface area contributed by atoms with E-state index in [0.717, 1.165) is 28.3 Å². The van der Waals surface area contributed by atoms with Crippen molar-refractivity contribution < 1.29 is 4.42 Å². The molecule has 1 heterocycles. The summed E-state index contributed by atoms with van der Waals surface area (Å²) in [5.41, 5.74) is 8.91. The van der Waals surface area contributed by atoms with Gasteiger partial charge in [-0.2, -0.15) is 0 Å². The van der Waals surface area contributed by atoms with Gasteiger partial charge < -0.3 is 15.1 Å². The molecule has 0 radical (unpaired) electrons. The van der Waals surface area contributed by atoms with Gasteiger partial charge in [-0.05, 0) is 37.6 Å². The third-order valence-corrected chi connectivity index (χ3v) is 3.29. The largest absolute Gasteiger partial charge is 0.464 e. The van der Waals surface area contributed by atoms with Crippen LogP contribution in [0.2, 0.25) is 0 Å². The van der Waals surface area contributed by atoms with Gasteiger partial charge in [-0.3, -0.25) is 0 Å². The smallest absolute Gasteiger partial charge is 0.123 e. The molecule has 100 valence electrons. The Morgan fingerprint density at radius 1 is 1.26 bits per heavy atom. The fraction of sp³-hybridized carbons (Fsp3) is 0.267. The van der Waals surface area contributed by atoms with E-state index in [4.69, 9.17) is 22.4 Å². The summed E-state index contributed by atoms with van der Waals surface area (Å²) in [6, 6.07) is 9.94. The molecule has 0 bridgehead atoms. The van der Waals surface area contributed by atoms with E-state index >= 15 is 0 Å². The van der Waals surface area contributed by atoms with Gasteiger partial charge in [0.15, 0.2) is 0 Å². The fourth-order valence-electron chi connectivity index (χ4n) is 2.25. The summed E-state index contributed by atoms with van der Waals surface area (Å²) in [5, 5.41) is 0. The van der Waals surface area contributed by atoms with Gasteiger partial charge in [0.2, 0.25) is 0 Å². The molecule has 0 saturated carbocycles. The average Bonchev–Trinajstić information content (AvgIpc) is 2.74. The lowest BCUT2D eigenvalue weighted by Crippen LogP contribution is -2.22. The molecule has 0 atom stereocenters. The highest BCUT2D eigenvalue weighted by molar-refractivity contribution is 7.80. The van der Waals surface area contributed by atoms with Gasteiger partial charge in [0.25, 0.3) is 0 Å². The summed E-state index contributed by atoms with van der Waals surface area (Å²) in [5.74, 6) is 1.85. The standard InChI is InChI=1S/C15H18N2OS/c1-10-5-4-6-13(15(16)19)14(10)17(3)9-12-8-7-11(2)18-12/h4-8H,9H2,1-3H3,(H2,16,19). The summed E-state index contributed by atoms with van der Waals surface area (Å²) in [7, 11) is 2.02. The molecule has 3 nitrogen and oxygen atoms in total. The lowest BCUT2D eigenvalue weighted by Gasteiger charge is -2.23. The van der Waals surface area contributed by atoms with Crippen molar-refractivity contribution in [1.82, 2.24) is 0 Å². The third-order valence-electron chi connectivity index (χ3n) is 3.07. The predicted molar refractivity (Wildman–Crippen MR) is 82.6 cm³/mol. The molecule has 2 N–H and O–H groups in total. The van der Waals surface area contributed by atoms with Crippen LogP contribution in [0.15, 0.2) is 34.7 Å². The van der Waals surface area contributed by atoms with E-state index in [1.54, 1.807) is 0 Å². The van der Waals surface area contributed by atoms with E-state index in [2.05, 4.69) is 17.9 Å². The maximum Gasteiger partial charge on any atom is 0.123 e. The summed E-state index contributed by atoms with van der Waals surface area (Å²) < 4.78 is 5.61. The number of thiocarbonyl (C=S) groups is 1. The monoisotopic (exact) mass is 274 g/mol. The van der Waals surface area contributed by atoms with E-state index in [-0.39, 0.29) is 0 Å². The van der Waals surface area contributed by atoms with Gasteiger partial charge in [-0.1, -0.05) is 24.4 Å². The molecule has 0 saturated heterocycles. The van der Waals surface area contributed by atoms with Crippen LogP contribution in [0.4, 0.5) is 5.69 Å². The molecule has 0 spiro atoms. The molecule has 0 amide bonds. The van der Waals surface area contributed by atoms with Crippen LogP contribution >= 0.6 is 12.2 Å². The Kier molecular flexibility index (Phi) is 3.90. The first-order valence-corrected chi connectivity index (χ1v) is 6.55. The van der Waals surface area contributed by atoms with Crippen molar-refractivity contribution in [1.29, 1.82) is 0 Å². The Balaban J connectivity index is 2.32. The van der Waals surface area contributed by atoms with Crippen LogP contribution in [-0.2, 0) is 6.54 Å². The minimum atomic E-state index is 0.418. The molecule has 0 unspecified atom stereocenters. The van der Waals surface area contributed by atoms with Crippen LogP contribution in [-0.4, -0.2) is 12.0 Å². The van der Waals surface area contributed by atoms with Gasteiger partial charge in [0.05, 0.1) is 12.2 Å². The van der Waals surface area contributed by atoms with Gasteiger partial charge >= 0.3 is 0 Å². The van der Waals surface area contributed by atoms with Crippen molar-refractivity contribution in [2.24, 2.45) is 5.73 Å². The van der Waals surface area contributed by atoms with Gasteiger partial charge in [0, 0.05) is 12.6 Å². The molecule has 2 rings (SSSR count). The van der Waals surface area contributed by atoms with Crippen LogP contribution in [0.25, 0.3) is 0 Å². The number of benzene rings is 1. The zero-order valence-electron chi connectivity index (χ0n) is 11.4. The number of nitrogens with zero attached hydrogens (tertiary/aromatic N) is 1. The fourth-order valence-corrected chi connectivity index (χ4v) is 2.41. The quantitative estimate of drug-likeness (QED) is 0.870. The lowest BCUT2D eigenvalue weighted by atomic mass is 10.1. The molecular formula is C15H18N2OS. The Labute approximate surface area is 119 Å². The number of nitrogens with two attached hydrogens (primary N) is 1. The maximum absolute atomic E-state index is 5.80. The van der Waals surface area contributed by atoms with Crippen LogP contribution in [0.1, 0.15) is 22.6 Å². The number of rotatable bonds is 4. The molecule has 0 aliphatic rings. The van der Waals surface area contributed by atoms with Crippen LogP contribution < -0.4 is 10.6 Å². The van der Waals surface area contributed by atoms with E-state index in [1.165, 1.54) is 0 Å². The first-order chi connectivity index (χ1) is 8.99. The Bertz CT molecular complexity index is 604. The molecule has 4 heteroatoms. The van der Waals surface area contributed by atoms with Crippen molar-refractivity contribution in [2.75, 3.05) is 11.9 Å². The first kappa shape index (κ1) is 13.6. The lowest BCUT2D eigenvalue weighted by molar-refractivity contribution is 0.481. The number of furan rings is 1. The molecular weight excluding hydrogens is 256 g/mol. The molecule has 0 aliphatic carbocycles. The maximum atomic E-state index is 5.80. The predicted octanol–water partition coefficient (Wildman–Crippen LogP) is 3.17. The number of aryl methyl sites for hydroxylation is 2. The highest BCUT2D eigenvalue weighted by Gasteiger charge is 2.13. The van der Waals surface area contributed by atoms with Crippen LogP contribution in [0, 0.1) is 13.8 Å². The number of hydrogen-bond acceptors (Lipinski definition) is 3. The highest BCUT2D eigenvalue weighted by atomic mass is 32.1. The Morgan fingerprint density at radius 2 is 2.00 bits per heavy atom. The second-order valence-corrected chi connectivity index (χ2v) is 5.14. The minimum absolute atomic E-state index is 0.418. The van der Waals surface area contributed by atoms with Crippen LogP contribution in [0.5, 0.6) is 0 Å². The second-order valence-electron chi connectivity index (χ2n) is 4.70. The van der Waals surface area contributed by atoms with E-state index in [0.29, 0.717) is 11.5 Å². The zero-order chi connectivity index (χ0) is 14.0. The molecule has 0 fully saturated rings. The second kappa shape index (κ2) is 5.45. The van der Waals surface area contributed by atoms with Crippen LogP contribution in [0.3, 0.4) is 0 Å².